The Bertz CT molecular complexity index is 364. The molecule has 1 atom stereocenters. The van der Waals surface area contributed by atoms with Crippen LogP contribution in [0.3, 0.4) is 0 Å². The molecule has 3 nitrogen and oxygen atoms in total. The zero-order valence-electron chi connectivity index (χ0n) is 10.1. The van der Waals surface area contributed by atoms with Gasteiger partial charge in [0.15, 0.2) is 0 Å². The van der Waals surface area contributed by atoms with Crippen molar-refractivity contribution in [1.82, 2.24) is 4.98 Å². The normalized spacial score (nSPS) is 19.5. The van der Waals surface area contributed by atoms with E-state index in [1.54, 1.807) is 0 Å². The second-order valence-electron chi connectivity index (χ2n) is 4.30. The van der Waals surface area contributed by atoms with Crippen LogP contribution in [0.1, 0.15) is 30.7 Å². The third kappa shape index (κ3) is 3.68. The zero-order valence-corrected chi connectivity index (χ0v) is 11.7. The predicted molar refractivity (Wildman–Crippen MR) is 70.7 cm³/mol. The number of pyridine rings is 1. The van der Waals surface area contributed by atoms with Crippen LogP contribution in [0.5, 0.6) is 5.75 Å². The summed E-state index contributed by atoms with van der Waals surface area (Å²) in [7, 11) is 0. The summed E-state index contributed by atoms with van der Waals surface area (Å²) in [6.07, 6.45) is 3.71. The Morgan fingerprint density at radius 1 is 1.53 bits per heavy atom. The predicted octanol–water partition coefficient (Wildman–Crippen LogP) is 3.23. The molecule has 0 amide bonds. The van der Waals surface area contributed by atoms with E-state index >= 15 is 0 Å². The van der Waals surface area contributed by atoms with Gasteiger partial charge in [0.05, 0.1) is 18.4 Å². The van der Waals surface area contributed by atoms with Crippen molar-refractivity contribution in [3.05, 3.63) is 23.5 Å². The van der Waals surface area contributed by atoms with Crippen LogP contribution < -0.4 is 4.74 Å². The van der Waals surface area contributed by atoms with Crippen LogP contribution in [-0.2, 0) is 10.1 Å². The van der Waals surface area contributed by atoms with Crippen LogP contribution in [0, 0.1) is 6.92 Å². The number of alkyl halides is 1. The molecule has 0 aromatic carbocycles. The van der Waals surface area contributed by atoms with Gasteiger partial charge in [-0.2, -0.15) is 0 Å². The van der Waals surface area contributed by atoms with Gasteiger partial charge in [0.1, 0.15) is 5.75 Å². The molecule has 2 heterocycles. The molecule has 1 aromatic rings. The zero-order chi connectivity index (χ0) is 12.1. The van der Waals surface area contributed by atoms with Crippen molar-refractivity contribution >= 4 is 15.9 Å². The summed E-state index contributed by atoms with van der Waals surface area (Å²) in [5.74, 6) is 0.880. The molecular weight excluding hydrogens is 282 g/mol. The van der Waals surface area contributed by atoms with Crippen molar-refractivity contribution in [3.8, 4) is 5.75 Å². The minimum Gasteiger partial charge on any atom is -0.492 e. The lowest BCUT2D eigenvalue weighted by Gasteiger charge is -2.12. The van der Waals surface area contributed by atoms with E-state index < -0.39 is 0 Å². The third-order valence-electron chi connectivity index (χ3n) is 2.92. The van der Waals surface area contributed by atoms with Gasteiger partial charge in [-0.1, -0.05) is 15.9 Å². The van der Waals surface area contributed by atoms with Gasteiger partial charge >= 0.3 is 0 Å². The van der Waals surface area contributed by atoms with Crippen molar-refractivity contribution < 1.29 is 9.47 Å². The van der Waals surface area contributed by atoms with Gasteiger partial charge in [0.25, 0.3) is 0 Å². The van der Waals surface area contributed by atoms with Gasteiger partial charge in [-0.25, -0.2) is 0 Å². The minimum absolute atomic E-state index is 0.390. The molecule has 17 heavy (non-hydrogen) atoms. The average Bonchev–Trinajstić information content (AvgIpc) is 2.84. The molecule has 0 N–H and O–H groups in total. The van der Waals surface area contributed by atoms with E-state index in [0.717, 1.165) is 35.5 Å². The lowest BCUT2D eigenvalue weighted by atomic mass is 10.2. The number of ether oxygens (including phenoxy) is 2. The maximum atomic E-state index is 5.77. The van der Waals surface area contributed by atoms with Gasteiger partial charge in [-0.05, 0) is 31.9 Å². The van der Waals surface area contributed by atoms with Gasteiger partial charge in [-0.3, -0.25) is 4.98 Å². The number of nitrogens with zero attached hydrogens (tertiary/aromatic N) is 1. The monoisotopic (exact) mass is 299 g/mol. The van der Waals surface area contributed by atoms with Crippen molar-refractivity contribution in [3.63, 3.8) is 0 Å². The first kappa shape index (κ1) is 12.8. The Hall–Kier alpha value is -0.610. The molecule has 1 fully saturated rings. The lowest BCUT2D eigenvalue weighted by molar-refractivity contribution is 0.0902. The average molecular weight is 300 g/mol. The molecule has 2 rings (SSSR count). The summed E-state index contributed by atoms with van der Waals surface area (Å²) >= 11 is 3.43. The molecule has 0 saturated carbocycles. The lowest BCUT2D eigenvalue weighted by Crippen LogP contribution is -2.11. The van der Waals surface area contributed by atoms with E-state index in [1.807, 2.05) is 19.1 Å². The van der Waals surface area contributed by atoms with Crippen molar-refractivity contribution in [2.24, 2.45) is 0 Å². The number of hydrogen-bond acceptors (Lipinski definition) is 3. The van der Waals surface area contributed by atoms with Crippen LogP contribution in [0.4, 0.5) is 0 Å². The second kappa shape index (κ2) is 6.36. The van der Waals surface area contributed by atoms with Gasteiger partial charge in [0, 0.05) is 24.1 Å². The first-order chi connectivity index (χ1) is 8.29. The van der Waals surface area contributed by atoms with E-state index in [2.05, 4.69) is 20.9 Å². The number of aryl methyl sites for hydroxylation is 1. The highest BCUT2D eigenvalue weighted by molar-refractivity contribution is 9.08. The summed E-state index contributed by atoms with van der Waals surface area (Å²) < 4.78 is 11.3. The molecular formula is C13H18BrNO2. The standard InChI is InChI=1S/C13H18BrNO2/c1-10-4-5-13(12(9-14)15-10)17-8-6-11-3-2-7-16-11/h4-5,11H,2-3,6-9H2,1H3. The Morgan fingerprint density at radius 3 is 3.12 bits per heavy atom. The van der Waals surface area contributed by atoms with Gasteiger partial charge < -0.3 is 9.47 Å². The highest BCUT2D eigenvalue weighted by Crippen LogP contribution is 2.21. The molecule has 1 saturated heterocycles. The molecule has 1 unspecified atom stereocenters. The van der Waals surface area contributed by atoms with Crippen LogP contribution >= 0.6 is 15.9 Å². The summed E-state index contributed by atoms with van der Waals surface area (Å²) in [5.41, 5.74) is 1.99. The SMILES string of the molecule is Cc1ccc(OCCC2CCCO2)c(CBr)n1. The molecule has 1 aliphatic rings. The molecule has 1 aromatic heterocycles. The van der Waals surface area contributed by atoms with Crippen molar-refractivity contribution in [1.29, 1.82) is 0 Å². The topological polar surface area (TPSA) is 31.4 Å². The summed E-state index contributed by atoms with van der Waals surface area (Å²) in [5, 5.41) is 0.726. The van der Waals surface area contributed by atoms with Crippen LogP contribution in [0.2, 0.25) is 0 Å². The highest BCUT2D eigenvalue weighted by Gasteiger charge is 2.15. The first-order valence-electron chi connectivity index (χ1n) is 6.06. The van der Waals surface area contributed by atoms with E-state index in [1.165, 1.54) is 12.8 Å². The quantitative estimate of drug-likeness (QED) is 0.782. The smallest absolute Gasteiger partial charge is 0.141 e. The summed E-state index contributed by atoms with van der Waals surface area (Å²) in [6, 6.07) is 3.97. The van der Waals surface area contributed by atoms with Crippen LogP contribution in [0.25, 0.3) is 0 Å². The van der Waals surface area contributed by atoms with Crippen molar-refractivity contribution in [2.45, 2.75) is 37.6 Å². The highest BCUT2D eigenvalue weighted by atomic mass is 79.9. The van der Waals surface area contributed by atoms with E-state index in [0.29, 0.717) is 12.7 Å². The van der Waals surface area contributed by atoms with Crippen LogP contribution in [-0.4, -0.2) is 24.3 Å². The molecule has 4 heteroatoms. The molecule has 0 bridgehead atoms. The molecule has 94 valence electrons. The van der Waals surface area contributed by atoms with E-state index in [9.17, 15) is 0 Å². The third-order valence-corrected chi connectivity index (χ3v) is 3.45. The molecule has 0 spiro atoms. The fraction of sp³-hybridized carbons (Fsp3) is 0.615. The summed E-state index contributed by atoms with van der Waals surface area (Å²) in [4.78, 5) is 4.44. The first-order valence-corrected chi connectivity index (χ1v) is 7.18. The van der Waals surface area contributed by atoms with Gasteiger partial charge in [0.2, 0.25) is 0 Å². The second-order valence-corrected chi connectivity index (χ2v) is 4.86. The summed E-state index contributed by atoms with van der Waals surface area (Å²) in [6.45, 7) is 3.60. The largest absolute Gasteiger partial charge is 0.492 e. The molecule has 0 aliphatic carbocycles. The maximum absolute atomic E-state index is 5.77. The fourth-order valence-electron chi connectivity index (χ4n) is 2.00. The van der Waals surface area contributed by atoms with Crippen molar-refractivity contribution in [2.75, 3.05) is 13.2 Å². The number of halogens is 1. The Morgan fingerprint density at radius 2 is 2.41 bits per heavy atom. The van der Waals surface area contributed by atoms with E-state index in [4.69, 9.17) is 9.47 Å². The van der Waals surface area contributed by atoms with Gasteiger partial charge in [-0.15, -0.1) is 0 Å². The van der Waals surface area contributed by atoms with Crippen LogP contribution in [0.15, 0.2) is 12.1 Å². The Balaban J connectivity index is 1.85. The minimum atomic E-state index is 0.390. The fourth-order valence-corrected chi connectivity index (χ4v) is 2.40. The number of rotatable bonds is 5. The molecule has 1 aliphatic heterocycles. The Kier molecular flexibility index (Phi) is 4.80. The number of hydrogen-bond donors (Lipinski definition) is 0. The maximum Gasteiger partial charge on any atom is 0.141 e. The molecule has 0 radical (unpaired) electrons. The number of aromatic nitrogens is 1. The van der Waals surface area contributed by atoms with E-state index in [-0.39, 0.29) is 0 Å². The Labute approximate surface area is 111 Å².